The van der Waals surface area contributed by atoms with E-state index >= 15 is 0 Å². The van der Waals surface area contributed by atoms with Crippen LogP contribution in [0.15, 0.2) is 23.4 Å². The van der Waals surface area contributed by atoms with Gasteiger partial charge in [-0.15, -0.1) is 0 Å². The molecule has 1 atom stereocenters. The van der Waals surface area contributed by atoms with Crippen LogP contribution < -0.4 is 14.8 Å². The summed E-state index contributed by atoms with van der Waals surface area (Å²) in [4.78, 5) is 16.7. The van der Waals surface area contributed by atoms with Crippen LogP contribution in [0.5, 0.6) is 11.5 Å². The van der Waals surface area contributed by atoms with Crippen molar-refractivity contribution >= 4 is 12.1 Å². The normalized spacial score (nSPS) is 12.3. The molecule has 0 fully saturated rings. The standard InChI is InChI=1S/C16H24N2O4/c1-11(2)12(3)18-15(19)10-22-17-9-13-7-6-8-14(20-4)16(13)21-5/h6-9,11-12H,10H2,1-5H3,(H,18,19)/b17-9-/t12-/m1/s1. The molecule has 0 spiro atoms. The molecular formula is C16H24N2O4. The molecule has 1 amide bonds. The van der Waals surface area contributed by atoms with Gasteiger partial charge in [-0.3, -0.25) is 4.79 Å². The highest BCUT2D eigenvalue weighted by molar-refractivity contribution is 5.84. The number of oxime groups is 1. The highest BCUT2D eigenvalue weighted by Gasteiger charge is 2.11. The average Bonchev–Trinajstić information content (AvgIpc) is 2.50. The van der Waals surface area contributed by atoms with Gasteiger partial charge in [0.05, 0.1) is 20.4 Å². The van der Waals surface area contributed by atoms with Gasteiger partial charge >= 0.3 is 0 Å². The Morgan fingerprint density at radius 1 is 1.27 bits per heavy atom. The number of ether oxygens (including phenoxy) is 2. The summed E-state index contributed by atoms with van der Waals surface area (Å²) >= 11 is 0. The molecule has 22 heavy (non-hydrogen) atoms. The van der Waals surface area contributed by atoms with Gasteiger partial charge in [0.25, 0.3) is 5.91 Å². The molecule has 1 rings (SSSR count). The minimum absolute atomic E-state index is 0.0959. The fourth-order valence-electron chi connectivity index (χ4n) is 1.67. The van der Waals surface area contributed by atoms with Crippen molar-refractivity contribution in [1.29, 1.82) is 0 Å². The number of para-hydroxylation sites is 1. The lowest BCUT2D eigenvalue weighted by molar-refractivity contribution is -0.126. The Morgan fingerprint density at radius 3 is 2.59 bits per heavy atom. The predicted octanol–water partition coefficient (Wildman–Crippen LogP) is 2.21. The Bertz CT molecular complexity index is 515. The van der Waals surface area contributed by atoms with E-state index < -0.39 is 0 Å². The van der Waals surface area contributed by atoms with E-state index in [0.717, 1.165) is 0 Å². The number of nitrogens with one attached hydrogen (secondary N) is 1. The van der Waals surface area contributed by atoms with Crippen molar-refractivity contribution in [3.05, 3.63) is 23.8 Å². The van der Waals surface area contributed by atoms with Crippen molar-refractivity contribution in [2.24, 2.45) is 11.1 Å². The first-order chi connectivity index (χ1) is 10.5. The van der Waals surface area contributed by atoms with E-state index in [0.29, 0.717) is 23.0 Å². The van der Waals surface area contributed by atoms with Gasteiger partial charge in [0.15, 0.2) is 18.1 Å². The summed E-state index contributed by atoms with van der Waals surface area (Å²) in [5, 5.41) is 6.63. The summed E-state index contributed by atoms with van der Waals surface area (Å²) in [6.07, 6.45) is 1.49. The van der Waals surface area contributed by atoms with Crippen LogP contribution in [0, 0.1) is 5.92 Å². The molecule has 0 heterocycles. The smallest absolute Gasteiger partial charge is 0.260 e. The second-order valence-electron chi connectivity index (χ2n) is 5.19. The van der Waals surface area contributed by atoms with Gasteiger partial charge in [0.2, 0.25) is 0 Å². The minimum Gasteiger partial charge on any atom is -0.493 e. The molecule has 1 aromatic rings. The highest BCUT2D eigenvalue weighted by Crippen LogP contribution is 2.29. The van der Waals surface area contributed by atoms with E-state index in [1.807, 2.05) is 32.9 Å². The number of rotatable bonds is 8. The second kappa shape index (κ2) is 8.92. The Labute approximate surface area is 131 Å². The third kappa shape index (κ3) is 5.27. The van der Waals surface area contributed by atoms with E-state index in [1.54, 1.807) is 20.3 Å². The molecule has 0 aliphatic rings. The van der Waals surface area contributed by atoms with Crippen LogP contribution >= 0.6 is 0 Å². The monoisotopic (exact) mass is 308 g/mol. The quantitative estimate of drug-likeness (QED) is 0.590. The van der Waals surface area contributed by atoms with Gasteiger partial charge < -0.3 is 19.6 Å². The minimum atomic E-state index is -0.198. The predicted molar refractivity (Wildman–Crippen MR) is 85.5 cm³/mol. The van der Waals surface area contributed by atoms with Crippen LogP contribution in [-0.2, 0) is 9.63 Å². The molecule has 0 aliphatic carbocycles. The molecule has 0 bridgehead atoms. The van der Waals surface area contributed by atoms with E-state index in [9.17, 15) is 4.79 Å². The van der Waals surface area contributed by atoms with Crippen molar-refractivity contribution in [3.8, 4) is 11.5 Å². The van der Waals surface area contributed by atoms with Gasteiger partial charge in [0, 0.05) is 11.6 Å². The molecule has 1 aromatic carbocycles. The average molecular weight is 308 g/mol. The van der Waals surface area contributed by atoms with Crippen molar-refractivity contribution in [2.45, 2.75) is 26.8 Å². The Hall–Kier alpha value is -2.24. The number of methoxy groups -OCH3 is 2. The molecule has 122 valence electrons. The second-order valence-corrected chi connectivity index (χ2v) is 5.19. The number of nitrogens with zero attached hydrogens (tertiary/aromatic N) is 1. The zero-order chi connectivity index (χ0) is 16.5. The topological polar surface area (TPSA) is 69.2 Å². The SMILES string of the molecule is COc1cccc(/C=N\OCC(=O)N[C@H](C)C(C)C)c1OC. The fraction of sp³-hybridized carbons (Fsp3) is 0.500. The van der Waals surface area contributed by atoms with Gasteiger partial charge in [-0.1, -0.05) is 25.1 Å². The zero-order valence-electron chi connectivity index (χ0n) is 13.8. The molecule has 0 saturated heterocycles. The summed E-state index contributed by atoms with van der Waals surface area (Å²) in [7, 11) is 3.12. The Morgan fingerprint density at radius 2 is 2.00 bits per heavy atom. The van der Waals surface area contributed by atoms with E-state index in [-0.39, 0.29) is 18.6 Å². The number of carbonyl (C=O) groups excluding carboxylic acids is 1. The molecule has 0 radical (unpaired) electrons. The molecule has 0 aliphatic heterocycles. The zero-order valence-corrected chi connectivity index (χ0v) is 13.8. The summed E-state index contributed by atoms with van der Waals surface area (Å²) < 4.78 is 10.5. The Balaban J connectivity index is 2.55. The van der Waals surface area contributed by atoms with Crippen LogP contribution in [0.4, 0.5) is 0 Å². The van der Waals surface area contributed by atoms with Crippen molar-refractivity contribution in [1.82, 2.24) is 5.32 Å². The summed E-state index contributed by atoms with van der Waals surface area (Å²) in [6, 6.07) is 5.52. The molecule has 1 N–H and O–H groups in total. The molecule has 0 aromatic heterocycles. The summed E-state index contributed by atoms with van der Waals surface area (Å²) in [5.41, 5.74) is 0.706. The van der Waals surface area contributed by atoms with Crippen molar-refractivity contribution < 1.29 is 19.1 Å². The number of hydrogen-bond acceptors (Lipinski definition) is 5. The van der Waals surface area contributed by atoms with E-state index in [1.165, 1.54) is 6.21 Å². The first-order valence-electron chi connectivity index (χ1n) is 7.15. The molecule has 0 unspecified atom stereocenters. The third-order valence-corrected chi connectivity index (χ3v) is 3.28. The lowest BCUT2D eigenvalue weighted by atomic mass is 10.1. The Kier molecular flexibility index (Phi) is 7.22. The maximum Gasteiger partial charge on any atom is 0.260 e. The largest absolute Gasteiger partial charge is 0.493 e. The molecule has 0 saturated carbocycles. The highest BCUT2D eigenvalue weighted by atomic mass is 16.6. The van der Waals surface area contributed by atoms with Crippen LogP contribution in [0.2, 0.25) is 0 Å². The van der Waals surface area contributed by atoms with E-state index in [4.69, 9.17) is 14.3 Å². The lowest BCUT2D eigenvalue weighted by Crippen LogP contribution is -2.38. The first-order valence-corrected chi connectivity index (χ1v) is 7.15. The van der Waals surface area contributed by atoms with Crippen molar-refractivity contribution in [2.75, 3.05) is 20.8 Å². The molecule has 6 heteroatoms. The van der Waals surface area contributed by atoms with Crippen LogP contribution in [0.1, 0.15) is 26.3 Å². The third-order valence-electron chi connectivity index (χ3n) is 3.28. The summed E-state index contributed by atoms with van der Waals surface area (Å²) in [6.45, 7) is 5.91. The maximum atomic E-state index is 11.6. The van der Waals surface area contributed by atoms with Crippen LogP contribution in [0.3, 0.4) is 0 Å². The number of benzene rings is 1. The number of amides is 1. The van der Waals surface area contributed by atoms with Gasteiger partial charge in [-0.25, -0.2) is 0 Å². The lowest BCUT2D eigenvalue weighted by Gasteiger charge is -2.16. The van der Waals surface area contributed by atoms with Crippen LogP contribution in [0.25, 0.3) is 0 Å². The van der Waals surface area contributed by atoms with E-state index in [2.05, 4.69) is 10.5 Å². The summed E-state index contributed by atoms with van der Waals surface area (Å²) in [5.74, 6) is 1.34. The fourth-order valence-corrected chi connectivity index (χ4v) is 1.67. The number of carbonyl (C=O) groups is 1. The molecule has 6 nitrogen and oxygen atoms in total. The first kappa shape index (κ1) is 17.8. The maximum absolute atomic E-state index is 11.6. The van der Waals surface area contributed by atoms with Gasteiger partial charge in [-0.05, 0) is 25.0 Å². The van der Waals surface area contributed by atoms with Crippen molar-refractivity contribution in [3.63, 3.8) is 0 Å². The molecular weight excluding hydrogens is 284 g/mol. The van der Waals surface area contributed by atoms with Gasteiger partial charge in [-0.2, -0.15) is 0 Å². The van der Waals surface area contributed by atoms with Gasteiger partial charge in [0.1, 0.15) is 0 Å². The van der Waals surface area contributed by atoms with Crippen LogP contribution in [-0.4, -0.2) is 39.0 Å². The number of hydrogen-bond donors (Lipinski definition) is 1.